The molecule has 5 nitrogen and oxygen atoms in total. The SMILES string of the molecule is CCCCCCC(C)Nc1nnccc1C(=O)O. The molecule has 100 valence electrons. The molecule has 1 heterocycles. The van der Waals surface area contributed by atoms with Crippen LogP contribution in [0.1, 0.15) is 56.3 Å². The van der Waals surface area contributed by atoms with Crippen LogP contribution in [0.4, 0.5) is 5.82 Å². The lowest BCUT2D eigenvalue weighted by molar-refractivity contribution is 0.0697. The average Bonchev–Trinajstić information content (AvgIpc) is 2.35. The molecule has 0 aliphatic carbocycles. The second-order valence-corrected chi connectivity index (χ2v) is 4.49. The Balaban J connectivity index is 2.48. The van der Waals surface area contributed by atoms with Crippen LogP contribution in [0, 0.1) is 0 Å². The van der Waals surface area contributed by atoms with Crippen molar-refractivity contribution < 1.29 is 9.90 Å². The molecule has 0 amide bonds. The number of rotatable bonds is 8. The van der Waals surface area contributed by atoms with Gasteiger partial charge in [0.25, 0.3) is 0 Å². The third-order valence-corrected chi connectivity index (χ3v) is 2.82. The van der Waals surface area contributed by atoms with Crippen LogP contribution in [0.5, 0.6) is 0 Å². The minimum Gasteiger partial charge on any atom is -0.478 e. The number of carboxylic acid groups (broad SMARTS) is 1. The Labute approximate surface area is 108 Å². The Kier molecular flexibility index (Phi) is 6.11. The molecule has 2 N–H and O–H groups in total. The molecule has 1 aromatic rings. The Morgan fingerprint density at radius 1 is 1.44 bits per heavy atom. The second-order valence-electron chi connectivity index (χ2n) is 4.49. The standard InChI is InChI=1S/C13H21N3O2/c1-3-4-5-6-7-10(2)15-12-11(13(17)18)8-9-14-16-12/h8-10H,3-7H2,1-2H3,(H,15,16)(H,17,18). The van der Waals surface area contributed by atoms with Gasteiger partial charge in [-0.1, -0.05) is 32.6 Å². The van der Waals surface area contributed by atoms with Crippen molar-refractivity contribution in [2.45, 2.75) is 52.0 Å². The largest absolute Gasteiger partial charge is 0.478 e. The number of nitrogens with one attached hydrogen (secondary N) is 1. The van der Waals surface area contributed by atoms with Gasteiger partial charge >= 0.3 is 5.97 Å². The highest BCUT2D eigenvalue weighted by atomic mass is 16.4. The molecule has 1 atom stereocenters. The van der Waals surface area contributed by atoms with Crippen molar-refractivity contribution in [1.29, 1.82) is 0 Å². The van der Waals surface area contributed by atoms with Crippen LogP contribution < -0.4 is 5.32 Å². The Hall–Kier alpha value is -1.65. The molecule has 1 aromatic heterocycles. The predicted molar refractivity (Wildman–Crippen MR) is 70.8 cm³/mol. The predicted octanol–water partition coefficient (Wildman–Crippen LogP) is 2.95. The fraction of sp³-hybridized carbons (Fsp3) is 0.615. The van der Waals surface area contributed by atoms with Gasteiger partial charge in [-0.3, -0.25) is 0 Å². The molecule has 18 heavy (non-hydrogen) atoms. The first-order valence-corrected chi connectivity index (χ1v) is 6.46. The summed E-state index contributed by atoms with van der Waals surface area (Å²) >= 11 is 0. The first-order chi connectivity index (χ1) is 8.65. The minimum atomic E-state index is -0.981. The van der Waals surface area contributed by atoms with Gasteiger partial charge in [0.1, 0.15) is 5.56 Å². The first-order valence-electron chi connectivity index (χ1n) is 6.46. The molecule has 0 aromatic carbocycles. The van der Waals surface area contributed by atoms with Crippen LogP contribution in [0.2, 0.25) is 0 Å². The molecule has 0 fully saturated rings. The summed E-state index contributed by atoms with van der Waals surface area (Å²) in [6, 6.07) is 1.67. The smallest absolute Gasteiger partial charge is 0.339 e. The van der Waals surface area contributed by atoms with E-state index in [1.165, 1.54) is 31.5 Å². The Bertz CT molecular complexity index is 382. The number of aromatic carboxylic acids is 1. The summed E-state index contributed by atoms with van der Waals surface area (Å²) in [6.45, 7) is 4.21. The lowest BCUT2D eigenvalue weighted by atomic mass is 10.1. The van der Waals surface area contributed by atoms with Gasteiger partial charge in [0.05, 0.1) is 6.20 Å². The number of hydrogen-bond donors (Lipinski definition) is 2. The van der Waals surface area contributed by atoms with E-state index in [1.807, 2.05) is 6.92 Å². The van der Waals surface area contributed by atoms with Crippen LogP contribution in [-0.2, 0) is 0 Å². The van der Waals surface area contributed by atoms with Gasteiger partial charge in [0, 0.05) is 6.04 Å². The normalized spacial score (nSPS) is 12.1. The van der Waals surface area contributed by atoms with E-state index in [0.717, 1.165) is 12.8 Å². The lowest BCUT2D eigenvalue weighted by Gasteiger charge is -2.15. The molecule has 0 radical (unpaired) electrons. The molecule has 5 heteroatoms. The fourth-order valence-electron chi connectivity index (χ4n) is 1.79. The molecule has 0 aliphatic rings. The highest BCUT2D eigenvalue weighted by Crippen LogP contribution is 2.14. The molecule has 0 aliphatic heterocycles. The van der Waals surface area contributed by atoms with E-state index in [2.05, 4.69) is 22.4 Å². The number of aromatic nitrogens is 2. The third kappa shape index (κ3) is 4.69. The highest BCUT2D eigenvalue weighted by Gasteiger charge is 2.13. The first kappa shape index (κ1) is 14.4. The number of nitrogens with zero attached hydrogens (tertiary/aromatic N) is 2. The number of anilines is 1. The van der Waals surface area contributed by atoms with Gasteiger partial charge in [0.15, 0.2) is 5.82 Å². The molecule has 1 rings (SSSR count). The Morgan fingerprint density at radius 2 is 2.22 bits per heavy atom. The maximum Gasteiger partial charge on any atom is 0.339 e. The van der Waals surface area contributed by atoms with Crippen LogP contribution in [0.25, 0.3) is 0 Å². The van der Waals surface area contributed by atoms with E-state index in [4.69, 9.17) is 5.11 Å². The van der Waals surface area contributed by atoms with Gasteiger partial charge in [-0.05, 0) is 19.4 Å². The van der Waals surface area contributed by atoms with Crippen molar-refractivity contribution in [3.63, 3.8) is 0 Å². The van der Waals surface area contributed by atoms with E-state index in [-0.39, 0.29) is 11.6 Å². The zero-order valence-electron chi connectivity index (χ0n) is 11.0. The van der Waals surface area contributed by atoms with Crippen LogP contribution in [-0.4, -0.2) is 27.3 Å². The van der Waals surface area contributed by atoms with Gasteiger partial charge in [-0.2, -0.15) is 5.10 Å². The molecule has 1 unspecified atom stereocenters. The molecule has 0 saturated heterocycles. The number of carboxylic acids is 1. The van der Waals surface area contributed by atoms with E-state index in [0.29, 0.717) is 5.82 Å². The Morgan fingerprint density at radius 3 is 2.89 bits per heavy atom. The van der Waals surface area contributed by atoms with E-state index in [1.54, 1.807) is 0 Å². The summed E-state index contributed by atoms with van der Waals surface area (Å²) in [5.74, 6) is -0.626. The lowest BCUT2D eigenvalue weighted by Crippen LogP contribution is -2.18. The van der Waals surface area contributed by atoms with E-state index in [9.17, 15) is 4.79 Å². The van der Waals surface area contributed by atoms with Crippen LogP contribution in [0.15, 0.2) is 12.3 Å². The average molecular weight is 251 g/mol. The third-order valence-electron chi connectivity index (χ3n) is 2.82. The van der Waals surface area contributed by atoms with Crippen molar-refractivity contribution in [3.8, 4) is 0 Å². The van der Waals surface area contributed by atoms with Crippen molar-refractivity contribution in [2.24, 2.45) is 0 Å². The molecular weight excluding hydrogens is 230 g/mol. The highest BCUT2D eigenvalue weighted by molar-refractivity contribution is 5.92. The topological polar surface area (TPSA) is 75.1 Å². The minimum absolute atomic E-state index is 0.172. The summed E-state index contributed by atoms with van der Waals surface area (Å²) in [6.07, 6.45) is 7.23. The molecule has 0 bridgehead atoms. The van der Waals surface area contributed by atoms with Gasteiger partial charge < -0.3 is 10.4 Å². The van der Waals surface area contributed by atoms with Crippen molar-refractivity contribution in [3.05, 3.63) is 17.8 Å². The molecule has 0 saturated carbocycles. The summed E-state index contributed by atoms with van der Waals surface area (Å²) in [5.41, 5.74) is 0.172. The zero-order valence-corrected chi connectivity index (χ0v) is 11.0. The number of unbranched alkanes of at least 4 members (excludes halogenated alkanes) is 3. The van der Waals surface area contributed by atoms with Crippen LogP contribution in [0.3, 0.4) is 0 Å². The van der Waals surface area contributed by atoms with Gasteiger partial charge in [-0.15, -0.1) is 5.10 Å². The summed E-state index contributed by atoms with van der Waals surface area (Å²) < 4.78 is 0. The summed E-state index contributed by atoms with van der Waals surface area (Å²) in [5, 5.41) is 19.7. The van der Waals surface area contributed by atoms with Crippen LogP contribution >= 0.6 is 0 Å². The van der Waals surface area contributed by atoms with Crippen molar-refractivity contribution in [1.82, 2.24) is 10.2 Å². The molecule has 0 spiro atoms. The second kappa shape index (κ2) is 7.63. The van der Waals surface area contributed by atoms with Gasteiger partial charge in [-0.25, -0.2) is 4.79 Å². The van der Waals surface area contributed by atoms with Gasteiger partial charge in [0.2, 0.25) is 0 Å². The van der Waals surface area contributed by atoms with E-state index < -0.39 is 5.97 Å². The number of hydrogen-bond acceptors (Lipinski definition) is 4. The quantitative estimate of drug-likeness (QED) is 0.695. The monoisotopic (exact) mass is 251 g/mol. The van der Waals surface area contributed by atoms with Crippen molar-refractivity contribution >= 4 is 11.8 Å². The zero-order chi connectivity index (χ0) is 13.4. The van der Waals surface area contributed by atoms with Crippen molar-refractivity contribution in [2.75, 3.05) is 5.32 Å². The van der Waals surface area contributed by atoms with E-state index >= 15 is 0 Å². The maximum atomic E-state index is 11.0. The summed E-state index contributed by atoms with van der Waals surface area (Å²) in [4.78, 5) is 11.0. The maximum absolute atomic E-state index is 11.0. The number of carbonyl (C=O) groups is 1. The molecular formula is C13H21N3O2. The summed E-state index contributed by atoms with van der Waals surface area (Å²) in [7, 11) is 0. The fourth-order valence-corrected chi connectivity index (χ4v) is 1.79.